The molecule has 0 radical (unpaired) electrons. The number of halogens is 4. The van der Waals surface area contributed by atoms with Crippen molar-refractivity contribution in [3.05, 3.63) is 70.7 Å². The first-order chi connectivity index (χ1) is 16.1. The molecule has 0 bridgehead atoms. The van der Waals surface area contributed by atoms with E-state index in [1.807, 2.05) is 30.3 Å². The van der Waals surface area contributed by atoms with Crippen LogP contribution >= 0.6 is 11.6 Å². The summed E-state index contributed by atoms with van der Waals surface area (Å²) in [4.78, 5) is 27.0. The lowest BCUT2D eigenvalue weighted by Crippen LogP contribution is -2.60. The van der Waals surface area contributed by atoms with E-state index in [0.717, 1.165) is 18.7 Å². The van der Waals surface area contributed by atoms with Crippen LogP contribution in [0.1, 0.15) is 36.3 Å². The standard InChI is InChI=1S/C25H26ClF3N2O3/c1-34-24(25(27,28)29,18-8-5-9-19(26)14-18)22(33)31-12-10-23(11-13-31)15-21(32)30-16-20(23)17-6-3-2-4-7-17/h2-9,14,20H,10-13,15-16H2,1H3,(H,30,32)/t20-,24+/m0/s1. The van der Waals surface area contributed by atoms with E-state index in [1.54, 1.807) is 0 Å². The molecule has 1 N–H and O–H groups in total. The minimum absolute atomic E-state index is 0.0198. The molecule has 2 aliphatic rings. The van der Waals surface area contributed by atoms with E-state index < -0.39 is 23.1 Å². The van der Waals surface area contributed by atoms with Gasteiger partial charge in [-0.05, 0) is 36.0 Å². The smallest absolute Gasteiger partial charge is 0.356 e. The van der Waals surface area contributed by atoms with Crippen LogP contribution < -0.4 is 5.32 Å². The normalized spacial score (nSPS) is 22.2. The number of hydrogen-bond acceptors (Lipinski definition) is 3. The summed E-state index contributed by atoms with van der Waals surface area (Å²) in [5, 5.41) is 2.99. The number of benzene rings is 2. The zero-order valence-electron chi connectivity index (χ0n) is 18.7. The summed E-state index contributed by atoms with van der Waals surface area (Å²) in [6.07, 6.45) is -3.90. The minimum Gasteiger partial charge on any atom is -0.356 e. The van der Waals surface area contributed by atoms with Crippen LogP contribution in [0.25, 0.3) is 0 Å². The van der Waals surface area contributed by atoms with Crippen molar-refractivity contribution in [2.24, 2.45) is 5.41 Å². The van der Waals surface area contributed by atoms with Gasteiger partial charge in [0, 0.05) is 49.7 Å². The fourth-order valence-electron chi connectivity index (χ4n) is 5.43. The lowest BCUT2D eigenvalue weighted by molar-refractivity contribution is -0.271. The van der Waals surface area contributed by atoms with Crippen molar-refractivity contribution < 1.29 is 27.5 Å². The second kappa shape index (κ2) is 9.23. The molecule has 4 rings (SSSR count). The number of piperidine rings is 2. The molecule has 2 amide bonds. The van der Waals surface area contributed by atoms with Gasteiger partial charge in [-0.1, -0.05) is 54.1 Å². The molecule has 2 aromatic rings. The average molecular weight is 495 g/mol. The van der Waals surface area contributed by atoms with Crippen LogP contribution in [0.15, 0.2) is 54.6 Å². The van der Waals surface area contributed by atoms with Gasteiger partial charge in [0.25, 0.3) is 11.5 Å². The van der Waals surface area contributed by atoms with Crippen LogP contribution in [-0.2, 0) is 19.9 Å². The van der Waals surface area contributed by atoms with Crippen LogP contribution in [0, 0.1) is 5.41 Å². The summed E-state index contributed by atoms with van der Waals surface area (Å²) in [6.45, 7) is 0.651. The first kappa shape index (κ1) is 24.5. The molecule has 2 aromatic carbocycles. The van der Waals surface area contributed by atoms with E-state index in [2.05, 4.69) is 5.32 Å². The molecular weight excluding hydrogens is 469 g/mol. The number of carbonyl (C=O) groups is 2. The number of nitrogens with zero attached hydrogens (tertiary/aromatic N) is 1. The third-order valence-corrected chi connectivity index (χ3v) is 7.48. The van der Waals surface area contributed by atoms with Crippen LogP contribution in [0.4, 0.5) is 13.2 Å². The monoisotopic (exact) mass is 494 g/mol. The van der Waals surface area contributed by atoms with Crippen LogP contribution in [0.2, 0.25) is 5.02 Å². The molecule has 34 heavy (non-hydrogen) atoms. The molecule has 2 saturated heterocycles. The Kier molecular flexibility index (Phi) is 6.66. The van der Waals surface area contributed by atoms with Gasteiger partial charge in [0.2, 0.25) is 5.91 Å². The molecular formula is C25H26ClF3N2O3. The number of carbonyl (C=O) groups excluding carboxylic acids is 2. The van der Waals surface area contributed by atoms with Crippen molar-refractivity contribution in [3.8, 4) is 0 Å². The number of rotatable bonds is 4. The average Bonchev–Trinajstić information content (AvgIpc) is 2.80. The molecule has 2 heterocycles. The molecule has 0 aliphatic carbocycles. The first-order valence-corrected chi connectivity index (χ1v) is 11.5. The Morgan fingerprint density at radius 3 is 2.38 bits per heavy atom. The molecule has 9 heteroatoms. The molecule has 0 aromatic heterocycles. The number of nitrogens with one attached hydrogen (secondary N) is 1. The van der Waals surface area contributed by atoms with E-state index in [0.29, 0.717) is 19.4 Å². The van der Waals surface area contributed by atoms with Crippen molar-refractivity contribution >= 4 is 23.4 Å². The summed E-state index contributed by atoms with van der Waals surface area (Å²) in [6, 6.07) is 14.9. The fraction of sp³-hybridized carbons (Fsp3) is 0.440. The van der Waals surface area contributed by atoms with E-state index in [9.17, 15) is 22.8 Å². The van der Waals surface area contributed by atoms with E-state index in [1.165, 1.54) is 23.1 Å². The number of methoxy groups -OCH3 is 1. The maximum absolute atomic E-state index is 14.4. The van der Waals surface area contributed by atoms with Crippen LogP contribution in [0.5, 0.6) is 0 Å². The maximum Gasteiger partial charge on any atom is 0.430 e. The second-order valence-corrected chi connectivity index (χ2v) is 9.43. The highest BCUT2D eigenvalue weighted by atomic mass is 35.5. The largest absolute Gasteiger partial charge is 0.430 e. The molecule has 1 spiro atoms. The lowest BCUT2D eigenvalue weighted by atomic mass is 9.62. The number of likely N-dealkylation sites (tertiary alicyclic amines) is 1. The summed E-state index contributed by atoms with van der Waals surface area (Å²) in [5.41, 5.74) is -2.88. The molecule has 0 saturated carbocycles. The summed E-state index contributed by atoms with van der Waals surface area (Å²) in [7, 11) is 0.884. The quantitative estimate of drug-likeness (QED) is 0.672. The number of ether oxygens (including phenoxy) is 1. The van der Waals surface area contributed by atoms with E-state index in [4.69, 9.17) is 16.3 Å². The van der Waals surface area contributed by atoms with Crippen molar-refractivity contribution in [3.63, 3.8) is 0 Å². The zero-order chi connectivity index (χ0) is 24.6. The van der Waals surface area contributed by atoms with E-state index >= 15 is 0 Å². The summed E-state index contributed by atoms with van der Waals surface area (Å²) in [5.74, 6) is -1.23. The van der Waals surface area contributed by atoms with Crippen molar-refractivity contribution in [2.75, 3.05) is 26.7 Å². The van der Waals surface area contributed by atoms with Gasteiger partial charge in [-0.15, -0.1) is 0 Å². The topological polar surface area (TPSA) is 58.6 Å². The van der Waals surface area contributed by atoms with Gasteiger partial charge in [-0.2, -0.15) is 13.2 Å². The molecule has 5 nitrogen and oxygen atoms in total. The number of alkyl halides is 3. The Balaban J connectivity index is 1.63. The highest BCUT2D eigenvalue weighted by Gasteiger charge is 2.64. The van der Waals surface area contributed by atoms with Gasteiger partial charge in [0.1, 0.15) is 0 Å². The van der Waals surface area contributed by atoms with Gasteiger partial charge in [-0.25, -0.2) is 0 Å². The summed E-state index contributed by atoms with van der Waals surface area (Å²) < 4.78 is 48.2. The highest BCUT2D eigenvalue weighted by Crippen LogP contribution is 2.50. The third kappa shape index (κ3) is 4.18. The Bertz CT molecular complexity index is 1050. The van der Waals surface area contributed by atoms with Gasteiger partial charge in [-0.3, -0.25) is 9.59 Å². The molecule has 2 fully saturated rings. The van der Waals surface area contributed by atoms with Gasteiger partial charge in [0.15, 0.2) is 0 Å². The zero-order valence-corrected chi connectivity index (χ0v) is 19.5. The van der Waals surface area contributed by atoms with Crippen molar-refractivity contribution in [1.82, 2.24) is 10.2 Å². The van der Waals surface area contributed by atoms with Gasteiger partial charge < -0.3 is 15.0 Å². The Labute approximate surface area is 201 Å². The van der Waals surface area contributed by atoms with Crippen LogP contribution in [0.3, 0.4) is 0 Å². The Hall–Kier alpha value is -2.58. The predicted molar refractivity (Wildman–Crippen MR) is 121 cm³/mol. The number of hydrogen-bond donors (Lipinski definition) is 1. The van der Waals surface area contributed by atoms with Crippen molar-refractivity contribution in [1.29, 1.82) is 0 Å². The molecule has 182 valence electrons. The highest BCUT2D eigenvalue weighted by molar-refractivity contribution is 6.30. The van der Waals surface area contributed by atoms with E-state index in [-0.39, 0.29) is 41.9 Å². The SMILES string of the molecule is CO[C@@](C(=O)N1CCC2(CC1)CC(=O)NC[C@H]2c1ccccc1)(c1cccc(Cl)c1)C(F)(F)F. The molecule has 2 atom stereocenters. The van der Waals surface area contributed by atoms with Crippen molar-refractivity contribution in [2.45, 2.75) is 37.0 Å². The number of amides is 2. The van der Waals surface area contributed by atoms with Gasteiger partial charge in [0.05, 0.1) is 0 Å². The third-order valence-electron chi connectivity index (χ3n) is 7.24. The van der Waals surface area contributed by atoms with Crippen LogP contribution in [-0.4, -0.2) is 49.6 Å². The fourth-order valence-corrected chi connectivity index (χ4v) is 5.62. The predicted octanol–water partition coefficient (Wildman–Crippen LogP) is 4.66. The molecule has 0 unspecified atom stereocenters. The minimum atomic E-state index is -5.00. The Morgan fingerprint density at radius 1 is 1.12 bits per heavy atom. The summed E-state index contributed by atoms with van der Waals surface area (Å²) >= 11 is 5.95. The first-order valence-electron chi connectivity index (χ1n) is 11.1. The second-order valence-electron chi connectivity index (χ2n) is 8.99. The van der Waals surface area contributed by atoms with Gasteiger partial charge >= 0.3 is 6.18 Å². The molecule has 2 aliphatic heterocycles. The maximum atomic E-state index is 14.4. The Morgan fingerprint density at radius 2 is 1.79 bits per heavy atom. The lowest BCUT2D eigenvalue weighted by Gasteiger charge is -2.50.